The van der Waals surface area contributed by atoms with Crippen molar-refractivity contribution >= 4 is 46.4 Å². The zero-order chi connectivity index (χ0) is 23.9. The van der Waals surface area contributed by atoms with Crippen LogP contribution in [-0.2, 0) is 16.1 Å². The van der Waals surface area contributed by atoms with Gasteiger partial charge in [0.1, 0.15) is 0 Å². The molecule has 0 aromatic heterocycles. The normalized spacial score (nSPS) is 13.0. The van der Waals surface area contributed by atoms with Gasteiger partial charge >= 0.3 is 0 Å². The topological polar surface area (TPSA) is 90.5 Å². The SMILES string of the molecule is O=C(CNC(=O)c1ccc(N2CCCC2=O)cc1)Nc1ccc(NCc2ccccc2)c(Cl)c1. The number of anilines is 3. The molecule has 0 saturated carbocycles. The molecule has 0 spiro atoms. The van der Waals surface area contributed by atoms with E-state index in [2.05, 4.69) is 16.0 Å². The standard InChI is InChI=1S/C26H25ClN4O3/c27-22-15-20(10-13-23(22)28-16-18-5-2-1-3-6-18)30-24(32)17-29-26(34)19-8-11-21(12-9-19)31-14-4-7-25(31)33/h1-3,5-6,8-13,15,28H,4,7,14,16-17H2,(H,29,34)(H,30,32). The van der Waals surface area contributed by atoms with Crippen LogP contribution in [0.25, 0.3) is 0 Å². The molecule has 1 saturated heterocycles. The lowest BCUT2D eigenvalue weighted by molar-refractivity contribution is -0.117. The molecule has 174 valence electrons. The fraction of sp³-hybridized carbons (Fsp3) is 0.192. The highest BCUT2D eigenvalue weighted by atomic mass is 35.5. The highest BCUT2D eigenvalue weighted by molar-refractivity contribution is 6.33. The van der Waals surface area contributed by atoms with Gasteiger partial charge in [0.15, 0.2) is 0 Å². The predicted octanol–water partition coefficient (Wildman–Crippen LogP) is 4.45. The van der Waals surface area contributed by atoms with Crippen LogP contribution in [0.2, 0.25) is 5.02 Å². The molecule has 3 aromatic carbocycles. The largest absolute Gasteiger partial charge is 0.380 e. The molecule has 0 atom stereocenters. The number of nitrogens with one attached hydrogen (secondary N) is 3. The number of benzene rings is 3. The van der Waals surface area contributed by atoms with Gasteiger partial charge in [0.05, 0.1) is 17.3 Å². The van der Waals surface area contributed by atoms with Gasteiger partial charge < -0.3 is 20.9 Å². The summed E-state index contributed by atoms with van der Waals surface area (Å²) in [6.45, 7) is 1.14. The van der Waals surface area contributed by atoms with Crippen LogP contribution in [-0.4, -0.2) is 30.8 Å². The average molecular weight is 477 g/mol. The number of nitrogens with zero attached hydrogens (tertiary/aromatic N) is 1. The minimum Gasteiger partial charge on any atom is -0.380 e. The molecule has 1 heterocycles. The Morgan fingerprint density at radius 3 is 2.41 bits per heavy atom. The molecule has 0 aliphatic carbocycles. The van der Waals surface area contributed by atoms with Gasteiger partial charge in [-0.2, -0.15) is 0 Å². The van der Waals surface area contributed by atoms with Crippen LogP contribution in [0.5, 0.6) is 0 Å². The van der Waals surface area contributed by atoms with Crippen molar-refractivity contribution in [3.05, 3.63) is 88.9 Å². The second-order valence-corrected chi connectivity index (χ2v) is 8.37. The Hall–Kier alpha value is -3.84. The van der Waals surface area contributed by atoms with E-state index in [0.29, 0.717) is 35.8 Å². The number of hydrogen-bond donors (Lipinski definition) is 3. The summed E-state index contributed by atoms with van der Waals surface area (Å²) in [4.78, 5) is 38.2. The molecule has 0 unspecified atom stereocenters. The minimum atomic E-state index is -0.368. The van der Waals surface area contributed by atoms with Crippen LogP contribution in [0.4, 0.5) is 17.1 Å². The summed E-state index contributed by atoms with van der Waals surface area (Å²) in [5.41, 5.74) is 3.62. The number of rotatable bonds is 8. The molecule has 7 nitrogen and oxygen atoms in total. The maximum Gasteiger partial charge on any atom is 0.251 e. The first-order valence-electron chi connectivity index (χ1n) is 11.1. The molecule has 3 amide bonds. The maximum absolute atomic E-state index is 12.4. The summed E-state index contributed by atoms with van der Waals surface area (Å²) in [5.74, 6) is -0.643. The Bertz CT molecular complexity index is 1180. The van der Waals surface area contributed by atoms with Crippen LogP contribution >= 0.6 is 11.6 Å². The van der Waals surface area contributed by atoms with E-state index in [-0.39, 0.29) is 24.3 Å². The van der Waals surface area contributed by atoms with Crippen LogP contribution in [0.1, 0.15) is 28.8 Å². The lowest BCUT2D eigenvalue weighted by Gasteiger charge is -2.15. The average Bonchev–Trinajstić information content (AvgIpc) is 3.28. The summed E-state index contributed by atoms with van der Waals surface area (Å²) in [6, 6.07) is 21.9. The summed E-state index contributed by atoms with van der Waals surface area (Å²) in [6.07, 6.45) is 1.39. The summed E-state index contributed by atoms with van der Waals surface area (Å²) < 4.78 is 0. The van der Waals surface area contributed by atoms with E-state index in [1.54, 1.807) is 47.4 Å². The van der Waals surface area contributed by atoms with Crippen molar-refractivity contribution in [2.75, 3.05) is 28.6 Å². The van der Waals surface area contributed by atoms with Crippen LogP contribution in [0, 0.1) is 0 Å². The van der Waals surface area contributed by atoms with Crippen molar-refractivity contribution in [2.24, 2.45) is 0 Å². The molecule has 34 heavy (non-hydrogen) atoms. The van der Waals surface area contributed by atoms with E-state index in [9.17, 15) is 14.4 Å². The van der Waals surface area contributed by atoms with Gasteiger partial charge in [0.25, 0.3) is 5.91 Å². The molecule has 1 aliphatic heterocycles. The molecule has 4 rings (SSSR count). The van der Waals surface area contributed by atoms with Gasteiger partial charge in [-0.25, -0.2) is 0 Å². The highest BCUT2D eigenvalue weighted by Gasteiger charge is 2.21. The van der Waals surface area contributed by atoms with E-state index < -0.39 is 0 Å². The molecule has 0 bridgehead atoms. The number of hydrogen-bond acceptors (Lipinski definition) is 4. The van der Waals surface area contributed by atoms with E-state index in [4.69, 9.17) is 11.6 Å². The minimum absolute atomic E-state index is 0.0917. The van der Waals surface area contributed by atoms with E-state index >= 15 is 0 Å². The number of halogens is 1. The predicted molar refractivity (Wildman–Crippen MR) is 134 cm³/mol. The molecular formula is C26H25ClN4O3. The molecule has 3 aromatic rings. The number of carbonyl (C=O) groups excluding carboxylic acids is 3. The van der Waals surface area contributed by atoms with E-state index in [1.807, 2.05) is 30.3 Å². The molecular weight excluding hydrogens is 452 g/mol. The first-order chi connectivity index (χ1) is 16.5. The second kappa shape index (κ2) is 10.9. The van der Waals surface area contributed by atoms with Gasteiger partial charge in [0, 0.05) is 36.4 Å². The lowest BCUT2D eigenvalue weighted by Crippen LogP contribution is -2.32. The fourth-order valence-corrected chi connectivity index (χ4v) is 3.96. The van der Waals surface area contributed by atoms with E-state index in [0.717, 1.165) is 23.4 Å². The first kappa shape index (κ1) is 23.3. The van der Waals surface area contributed by atoms with Gasteiger partial charge in [0.2, 0.25) is 11.8 Å². The van der Waals surface area contributed by atoms with Crippen LogP contribution in [0.15, 0.2) is 72.8 Å². The zero-order valence-corrected chi connectivity index (χ0v) is 19.3. The Kier molecular flexibility index (Phi) is 7.44. The van der Waals surface area contributed by atoms with Crippen molar-refractivity contribution in [1.29, 1.82) is 0 Å². The third-order valence-corrected chi connectivity index (χ3v) is 5.82. The monoisotopic (exact) mass is 476 g/mol. The van der Waals surface area contributed by atoms with Crippen molar-refractivity contribution in [1.82, 2.24) is 5.32 Å². The zero-order valence-electron chi connectivity index (χ0n) is 18.5. The highest BCUT2D eigenvalue weighted by Crippen LogP contribution is 2.26. The van der Waals surface area contributed by atoms with Gasteiger partial charge in [-0.1, -0.05) is 41.9 Å². The van der Waals surface area contributed by atoms with Gasteiger partial charge in [-0.15, -0.1) is 0 Å². The summed E-state index contributed by atoms with van der Waals surface area (Å²) in [7, 11) is 0. The third-order valence-electron chi connectivity index (χ3n) is 5.50. The number of carbonyl (C=O) groups is 3. The van der Waals surface area contributed by atoms with Crippen LogP contribution in [0.3, 0.4) is 0 Å². The van der Waals surface area contributed by atoms with Crippen LogP contribution < -0.4 is 20.9 Å². The quantitative estimate of drug-likeness (QED) is 0.448. The van der Waals surface area contributed by atoms with Crippen molar-refractivity contribution < 1.29 is 14.4 Å². The Labute approximate surface area is 203 Å². The Balaban J connectivity index is 1.26. The number of amides is 3. The Morgan fingerprint density at radius 2 is 1.74 bits per heavy atom. The van der Waals surface area contributed by atoms with Gasteiger partial charge in [-0.05, 0) is 54.4 Å². The maximum atomic E-state index is 12.4. The Morgan fingerprint density at radius 1 is 0.971 bits per heavy atom. The second-order valence-electron chi connectivity index (χ2n) is 7.96. The van der Waals surface area contributed by atoms with E-state index in [1.165, 1.54) is 0 Å². The first-order valence-corrected chi connectivity index (χ1v) is 11.4. The smallest absolute Gasteiger partial charge is 0.251 e. The van der Waals surface area contributed by atoms with Crippen molar-refractivity contribution in [2.45, 2.75) is 19.4 Å². The molecule has 1 fully saturated rings. The molecule has 8 heteroatoms. The third kappa shape index (κ3) is 5.94. The summed E-state index contributed by atoms with van der Waals surface area (Å²) >= 11 is 6.35. The van der Waals surface area contributed by atoms with Crippen molar-refractivity contribution in [3.8, 4) is 0 Å². The van der Waals surface area contributed by atoms with Gasteiger partial charge in [-0.3, -0.25) is 14.4 Å². The molecule has 0 radical (unpaired) electrons. The molecule has 3 N–H and O–H groups in total. The molecule has 1 aliphatic rings. The fourth-order valence-electron chi connectivity index (χ4n) is 3.71. The van der Waals surface area contributed by atoms with Crippen molar-refractivity contribution in [3.63, 3.8) is 0 Å². The summed E-state index contributed by atoms with van der Waals surface area (Å²) in [5, 5.41) is 9.09. The lowest BCUT2D eigenvalue weighted by atomic mass is 10.2.